The molecule has 1 N–H and O–H groups in total. The van der Waals surface area contributed by atoms with Gasteiger partial charge in [-0.3, -0.25) is 0 Å². The smallest absolute Gasteiger partial charge is 0.291 e. The predicted octanol–water partition coefficient (Wildman–Crippen LogP) is 2.03. The van der Waals surface area contributed by atoms with E-state index in [4.69, 9.17) is 15.3 Å². The third-order valence-corrected chi connectivity index (χ3v) is 3.40. The van der Waals surface area contributed by atoms with E-state index in [1.54, 1.807) is 0 Å². The summed E-state index contributed by atoms with van der Waals surface area (Å²) in [5, 5.41) is 13.6. The molecule has 87 valence electrons. The van der Waals surface area contributed by atoms with E-state index in [1.165, 1.54) is 12.8 Å². The zero-order chi connectivity index (χ0) is 10.1. The Labute approximate surface area is 104 Å². The zero-order valence-electron chi connectivity index (χ0n) is 8.05. The van der Waals surface area contributed by atoms with Crippen molar-refractivity contribution in [2.45, 2.75) is 12.8 Å². The van der Waals surface area contributed by atoms with Crippen molar-refractivity contribution in [2.24, 2.45) is 23.7 Å². The largest absolute Gasteiger partial charge is 0.328 e. The van der Waals surface area contributed by atoms with Gasteiger partial charge in [-0.05, 0) is 36.5 Å². The van der Waals surface area contributed by atoms with E-state index in [2.05, 4.69) is 24.3 Å². The van der Waals surface area contributed by atoms with Crippen molar-refractivity contribution in [3.05, 3.63) is 34.4 Å². The van der Waals surface area contributed by atoms with E-state index in [-0.39, 0.29) is 22.4 Å². The molecule has 1 radical (unpaired) electrons. The maximum absolute atomic E-state index is 8.36. The molecule has 0 aromatic heterocycles. The topological polar surface area (TPSA) is 63.4 Å². The predicted molar refractivity (Wildman–Crippen MR) is 50.3 cm³/mol. The minimum atomic E-state index is -1.50. The van der Waals surface area contributed by atoms with Crippen molar-refractivity contribution in [2.75, 3.05) is 0 Å². The second-order valence-corrected chi connectivity index (χ2v) is 4.13. The van der Waals surface area contributed by atoms with E-state index in [0.29, 0.717) is 0 Å². The van der Waals surface area contributed by atoms with Crippen LogP contribution in [0, 0.1) is 33.8 Å². The first-order valence-corrected chi connectivity index (χ1v) is 4.86. The SMILES string of the molecule is C1=CC2CC1C1C=CC2C1.O=[N+]([O-])O.[Ag]. The number of nitrogens with zero attached hydrogens (tertiary/aromatic N) is 1. The average Bonchev–Trinajstić information content (AvgIpc) is 2.58. The van der Waals surface area contributed by atoms with Crippen LogP contribution in [0.25, 0.3) is 0 Å². The van der Waals surface area contributed by atoms with Crippen molar-refractivity contribution in [1.29, 1.82) is 0 Å². The van der Waals surface area contributed by atoms with Gasteiger partial charge < -0.3 is 5.21 Å². The van der Waals surface area contributed by atoms with Crippen LogP contribution in [0.2, 0.25) is 0 Å². The number of hydrogen-bond donors (Lipinski definition) is 1. The quantitative estimate of drug-likeness (QED) is 0.322. The summed E-state index contributed by atoms with van der Waals surface area (Å²) in [7, 11) is 0. The van der Waals surface area contributed by atoms with Crippen LogP contribution in [-0.2, 0) is 22.4 Å². The average molecular weight is 303 g/mol. The van der Waals surface area contributed by atoms with Crippen LogP contribution >= 0.6 is 0 Å². The second-order valence-electron chi connectivity index (χ2n) is 4.13. The van der Waals surface area contributed by atoms with Crippen LogP contribution in [-0.4, -0.2) is 10.3 Å². The fourth-order valence-corrected chi connectivity index (χ4v) is 2.78. The minimum Gasteiger partial charge on any atom is -0.328 e. The van der Waals surface area contributed by atoms with Crippen molar-refractivity contribution in [1.82, 2.24) is 0 Å². The third-order valence-electron chi connectivity index (χ3n) is 3.40. The molecule has 0 amide bonds. The van der Waals surface area contributed by atoms with Gasteiger partial charge in [-0.15, -0.1) is 10.1 Å². The van der Waals surface area contributed by atoms with Gasteiger partial charge in [0.25, 0.3) is 5.09 Å². The van der Waals surface area contributed by atoms with E-state index >= 15 is 0 Å². The first kappa shape index (κ1) is 12.5. The van der Waals surface area contributed by atoms with Gasteiger partial charge in [0.05, 0.1) is 0 Å². The van der Waals surface area contributed by atoms with Gasteiger partial charge in [0.2, 0.25) is 0 Å². The van der Waals surface area contributed by atoms with Crippen LogP contribution in [0.3, 0.4) is 0 Å². The van der Waals surface area contributed by atoms with Gasteiger partial charge >= 0.3 is 0 Å². The molecule has 3 rings (SSSR count). The molecule has 4 atom stereocenters. The molecule has 0 aliphatic heterocycles. The molecule has 5 heteroatoms. The molecule has 0 saturated heterocycles. The molecule has 0 aromatic rings. The summed E-state index contributed by atoms with van der Waals surface area (Å²) in [5.41, 5.74) is 0. The van der Waals surface area contributed by atoms with Gasteiger partial charge in [-0.25, -0.2) is 0 Å². The molecule has 4 unspecified atom stereocenters. The van der Waals surface area contributed by atoms with E-state index in [9.17, 15) is 0 Å². The van der Waals surface area contributed by atoms with Crippen LogP contribution in [0.4, 0.5) is 0 Å². The first-order chi connectivity index (χ1) is 6.66. The van der Waals surface area contributed by atoms with Crippen molar-refractivity contribution < 1.29 is 32.7 Å². The maximum atomic E-state index is 8.36. The molecular weight excluding hydrogens is 290 g/mol. The van der Waals surface area contributed by atoms with E-state index in [0.717, 1.165) is 23.7 Å². The van der Waals surface area contributed by atoms with Crippen molar-refractivity contribution in [3.63, 3.8) is 0 Å². The molecule has 4 nitrogen and oxygen atoms in total. The molecule has 1 saturated carbocycles. The van der Waals surface area contributed by atoms with Crippen LogP contribution in [0.15, 0.2) is 24.3 Å². The molecule has 3 aliphatic carbocycles. The second kappa shape index (κ2) is 4.96. The van der Waals surface area contributed by atoms with Gasteiger partial charge in [-0.1, -0.05) is 24.3 Å². The normalized spacial score (nSPS) is 37.9. The monoisotopic (exact) mass is 302 g/mol. The molecule has 0 spiro atoms. The molecule has 0 aromatic carbocycles. The maximum Gasteiger partial charge on any atom is 0.291 e. The fraction of sp³-hybridized carbons (Fsp3) is 0.600. The number of fused-ring (bicyclic) bond motifs is 6. The molecule has 3 aliphatic rings. The minimum absolute atomic E-state index is 0. The summed E-state index contributed by atoms with van der Waals surface area (Å²) in [5.74, 6) is 3.67. The molecule has 0 heterocycles. The molecular formula is C10H13AgNO3. The third kappa shape index (κ3) is 2.71. The van der Waals surface area contributed by atoms with Crippen molar-refractivity contribution >= 4 is 0 Å². The van der Waals surface area contributed by atoms with Crippen LogP contribution in [0.1, 0.15) is 12.8 Å². The number of hydrogen-bond acceptors (Lipinski definition) is 2. The Bertz CT molecular complexity index is 255. The summed E-state index contributed by atoms with van der Waals surface area (Å²) < 4.78 is 0. The Kier molecular flexibility index (Phi) is 4.13. The van der Waals surface area contributed by atoms with Gasteiger partial charge in [0, 0.05) is 22.4 Å². The van der Waals surface area contributed by atoms with Gasteiger partial charge in [0.15, 0.2) is 0 Å². The summed E-state index contributed by atoms with van der Waals surface area (Å²) in [4.78, 5) is 8.36. The standard InChI is InChI=1S/C10H12.Ag.HNO3/c1-2-8-5-7(1)9-3-4-10(8)6-9;;2-1(3)4/h1-4,7-10H,5-6H2;;(H,2,3,4). The zero-order valence-corrected chi connectivity index (χ0v) is 9.53. The molecule has 1 fully saturated rings. The van der Waals surface area contributed by atoms with E-state index < -0.39 is 5.09 Å². The van der Waals surface area contributed by atoms with Crippen LogP contribution < -0.4 is 0 Å². The van der Waals surface area contributed by atoms with Gasteiger partial charge in [0.1, 0.15) is 0 Å². The Morgan fingerprint density at radius 1 is 1.00 bits per heavy atom. The summed E-state index contributed by atoms with van der Waals surface area (Å²) >= 11 is 0. The number of rotatable bonds is 0. The summed E-state index contributed by atoms with van der Waals surface area (Å²) in [6.07, 6.45) is 12.7. The Hall–Kier alpha value is -0.580. The Balaban J connectivity index is 0.000000200. The Morgan fingerprint density at radius 2 is 1.20 bits per heavy atom. The van der Waals surface area contributed by atoms with Crippen LogP contribution in [0.5, 0.6) is 0 Å². The fourth-order valence-electron chi connectivity index (χ4n) is 2.78. The Morgan fingerprint density at radius 3 is 1.40 bits per heavy atom. The summed E-state index contributed by atoms with van der Waals surface area (Å²) in [6.45, 7) is 0. The first-order valence-electron chi connectivity index (χ1n) is 4.86. The molecule has 15 heavy (non-hydrogen) atoms. The van der Waals surface area contributed by atoms with Gasteiger partial charge in [-0.2, -0.15) is 0 Å². The molecule has 4 bridgehead atoms. The van der Waals surface area contributed by atoms with Crippen molar-refractivity contribution in [3.8, 4) is 0 Å². The van der Waals surface area contributed by atoms with E-state index in [1.807, 2.05) is 0 Å². The number of allylic oxidation sites excluding steroid dienone is 4. The summed E-state index contributed by atoms with van der Waals surface area (Å²) in [6, 6.07) is 0.